The first kappa shape index (κ1) is 19.4. The maximum absolute atomic E-state index is 12.7. The van der Waals surface area contributed by atoms with Crippen LogP contribution >= 0.6 is 0 Å². The van der Waals surface area contributed by atoms with Crippen molar-refractivity contribution in [3.8, 4) is 0 Å². The summed E-state index contributed by atoms with van der Waals surface area (Å²) in [6.45, 7) is 2.51. The van der Waals surface area contributed by atoms with Gasteiger partial charge in [-0.15, -0.1) is 10.2 Å². The molecule has 0 saturated carbocycles. The summed E-state index contributed by atoms with van der Waals surface area (Å²) < 4.78 is 2.11. The molecule has 8 heteroatoms. The fraction of sp³-hybridized carbons (Fsp3) is 0.524. The fourth-order valence-corrected chi connectivity index (χ4v) is 4.21. The quantitative estimate of drug-likeness (QED) is 0.796. The van der Waals surface area contributed by atoms with Crippen LogP contribution in [0.2, 0.25) is 0 Å². The number of hydrogen-bond acceptors (Lipinski definition) is 4. The van der Waals surface area contributed by atoms with Gasteiger partial charge in [-0.2, -0.15) is 0 Å². The monoisotopic (exact) mass is 396 g/mol. The van der Waals surface area contributed by atoms with Gasteiger partial charge < -0.3 is 19.3 Å². The molecule has 1 atom stereocenters. The van der Waals surface area contributed by atoms with Gasteiger partial charge in [0.05, 0.1) is 19.0 Å². The van der Waals surface area contributed by atoms with Crippen LogP contribution in [0.1, 0.15) is 42.5 Å². The van der Waals surface area contributed by atoms with E-state index in [-0.39, 0.29) is 18.0 Å². The lowest BCUT2D eigenvalue weighted by atomic mass is 10.0. The summed E-state index contributed by atoms with van der Waals surface area (Å²) in [7, 11) is 3.56. The Morgan fingerprint density at radius 1 is 1.07 bits per heavy atom. The van der Waals surface area contributed by atoms with Gasteiger partial charge in [0.1, 0.15) is 0 Å². The lowest BCUT2D eigenvalue weighted by Crippen LogP contribution is -2.45. The third-order valence-electron chi connectivity index (χ3n) is 5.76. The van der Waals surface area contributed by atoms with E-state index in [1.807, 2.05) is 40.1 Å². The number of likely N-dealkylation sites (tertiary alicyclic amines) is 1. The van der Waals surface area contributed by atoms with Gasteiger partial charge in [-0.1, -0.05) is 30.3 Å². The third kappa shape index (κ3) is 3.97. The highest BCUT2D eigenvalue weighted by atomic mass is 16.2. The Morgan fingerprint density at radius 3 is 2.62 bits per heavy atom. The number of aromatic nitrogens is 3. The molecule has 1 fully saturated rings. The molecule has 0 aliphatic carbocycles. The zero-order chi connectivity index (χ0) is 20.4. The highest BCUT2D eigenvalue weighted by Gasteiger charge is 2.34. The molecule has 1 aromatic carbocycles. The first-order chi connectivity index (χ1) is 14.0. The molecule has 2 aliphatic rings. The maximum atomic E-state index is 12.7. The predicted molar refractivity (Wildman–Crippen MR) is 108 cm³/mol. The molecule has 2 aromatic rings. The normalized spacial score (nSPS) is 19.0. The molecule has 4 rings (SSSR count). The molecule has 0 radical (unpaired) electrons. The van der Waals surface area contributed by atoms with Crippen molar-refractivity contribution in [3.05, 3.63) is 47.5 Å². The van der Waals surface area contributed by atoms with Gasteiger partial charge in [-0.25, -0.2) is 4.79 Å². The van der Waals surface area contributed by atoms with Gasteiger partial charge >= 0.3 is 6.03 Å². The lowest BCUT2D eigenvalue weighted by molar-refractivity contribution is -0.132. The summed E-state index contributed by atoms with van der Waals surface area (Å²) in [6, 6.07) is 9.77. The largest absolute Gasteiger partial charge is 0.333 e. The van der Waals surface area contributed by atoms with E-state index in [1.54, 1.807) is 19.0 Å². The molecule has 8 nitrogen and oxygen atoms in total. The molecule has 0 N–H and O–H groups in total. The number of urea groups is 1. The van der Waals surface area contributed by atoms with Crippen LogP contribution in [0.5, 0.6) is 0 Å². The first-order valence-electron chi connectivity index (χ1n) is 10.3. The van der Waals surface area contributed by atoms with Crippen molar-refractivity contribution in [1.82, 2.24) is 29.5 Å². The highest BCUT2D eigenvalue weighted by Crippen LogP contribution is 2.31. The number of benzene rings is 1. The van der Waals surface area contributed by atoms with Crippen molar-refractivity contribution in [3.63, 3.8) is 0 Å². The number of hydrogen-bond donors (Lipinski definition) is 0. The summed E-state index contributed by atoms with van der Waals surface area (Å²) >= 11 is 0. The van der Waals surface area contributed by atoms with Gasteiger partial charge in [0, 0.05) is 33.7 Å². The number of piperidine rings is 1. The predicted octanol–water partition coefficient (Wildman–Crippen LogP) is 2.07. The Labute approximate surface area is 171 Å². The first-order valence-corrected chi connectivity index (χ1v) is 10.3. The second-order valence-electron chi connectivity index (χ2n) is 7.99. The van der Waals surface area contributed by atoms with Crippen molar-refractivity contribution >= 4 is 11.9 Å². The van der Waals surface area contributed by atoms with Crippen LogP contribution in [0.15, 0.2) is 30.3 Å². The lowest BCUT2D eigenvalue weighted by Gasteiger charge is -2.37. The van der Waals surface area contributed by atoms with Gasteiger partial charge in [-0.05, 0) is 24.8 Å². The second kappa shape index (κ2) is 8.23. The zero-order valence-corrected chi connectivity index (χ0v) is 17.1. The average Bonchev–Trinajstić information content (AvgIpc) is 3.17. The minimum Gasteiger partial charge on any atom is -0.333 e. The average molecular weight is 396 g/mol. The number of carbonyl (C=O) groups excluding carboxylic acids is 2. The van der Waals surface area contributed by atoms with Crippen LogP contribution < -0.4 is 0 Å². The van der Waals surface area contributed by atoms with Crippen molar-refractivity contribution in [2.24, 2.45) is 0 Å². The summed E-state index contributed by atoms with van der Waals surface area (Å²) in [4.78, 5) is 30.7. The molecule has 29 heavy (non-hydrogen) atoms. The van der Waals surface area contributed by atoms with E-state index in [4.69, 9.17) is 0 Å². The number of fused-ring (bicyclic) bond motifs is 1. The molecule has 154 valence electrons. The van der Waals surface area contributed by atoms with Crippen molar-refractivity contribution < 1.29 is 9.59 Å². The van der Waals surface area contributed by atoms with Crippen LogP contribution in [0, 0.1) is 0 Å². The van der Waals surface area contributed by atoms with Crippen LogP contribution in [-0.2, 0) is 24.3 Å². The van der Waals surface area contributed by atoms with E-state index < -0.39 is 0 Å². The SMILES string of the molecule is CN(C)C(=O)N1CCCCC1c1nnc2n1CCN(C(=O)Cc1ccccc1)C2. The van der Waals surface area contributed by atoms with Crippen molar-refractivity contribution in [2.45, 2.75) is 44.8 Å². The minimum atomic E-state index is -0.0496. The standard InChI is InChI=1S/C21H28N6O2/c1-24(2)21(29)26-11-7-6-10-17(26)20-23-22-18-15-25(12-13-27(18)20)19(28)14-16-8-4-3-5-9-16/h3-5,8-9,17H,6-7,10-15H2,1-2H3. The van der Waals surface area contributed by atoms with E-state index in [0.717, 1.165) is 43.0 Å². The number of amides is 3. The molecule has 1 aromatic heterocycles. The van der Waals surface area contributed by atoms with E-state index in [2.05, 4.69) is 14.8 Å². The topological polar surface area (TPSA) is 74.6 Å². The van der Waals surface area contributed by atoms with Gasteiger partial charge in [0.25, 0.3) is 0 Å². The number of nitrogens with zero attached hydrogens (tertiary/aromatic N) is 6. The molecule has 2 aliphatic heterocycles. The Bertz CT molecular complexity index is 879. The molecule has 3 amide bonds. The van der Waals surface area contributed by atoms with Crippen LogP contribution in [0.3, 0.4) is 0 Å². The van der Waals surface area contributed by atoms with Crippen molar-refractivity contribution in [1.29, 1.82) is 0 Å². The third-order valence-corrected chi connectivity index (χ3v) is 5.76. The fourth-order valence-electron chi connectivity index (χ4n) is 4.21. The van der Waals surface area contributed by atoms with Gasteiger partial charge in [0.15, 0.2) is 11.6 Å². The number of carbonyl (C=O) groups is 2. The van der Waals surface area contributed by atoms with Crippen LogP contribution in [0.4, 0.5) is 4.79 Å². The molecular formula is C21H28N6O2. The summed E-state index contributed by atoms with van der Waals surface area (Å²) in [5.74, 6) is 1.76. The van der Waals surface area contributed by atoms with E-state index >= 15 is 0 Å². The number of rotatable bonds is 3. The molecule has 3 heterocycles. The van der Waals surface area contributed by atoms with Gasteiger partial charge in [-0.3, -0.25) is 4.79 Å². The van der Waals surface area contributed by atoms with Gasteiger partial charge in [0.2, 0.25) is 5.91 Å². The van der Waals surface area contributed by atoms with E-state index in [0.29, 0.717) is 26.1 Å². The minimum absolute atomic E-state index is 0.0162. The Balaban J connectivity index is 1.49. The van der Waals surface area contributed by atoms with E-state index in [1.165, 1.54) is 0 Å². The van der Waals surface area contributed by atoms with Crippen LogP contribution in [-0.4, -0.2) is 68.6 Å². The molecular weight excluding hydrogens is 368 g/mol. The molecule has 1 unspecified atom stereocenters. The Kier molecular flexibility index (Phi) is 5.51. The summed E-state index contributed by atoms with van der Waals surface area (Å²) in [5, 5.41) is 8.83. The highest BCUT2D eigenvalue weighted by molar-refractivity contribution is 5.78. The van der Waals surface area contributed by atoms with Crippen LogP contribution in [0.25, 0.3) is 0 Å². The summed E-state index contributed by atoms with van der Waals surface area (Å²) in [5.41, 5.74) is 1.02. The molecule has 1 saturated heterocycles. The summed E-state index contributed by atoms with van der Waals surface area (Å²) in [6.07, 6.45) is 3.38. The second-order valence-corrected chi connectivity index (χ2v) is 7.99. The van der Waals surface area contributed by atoms with E-state index in [9.17, 15) is 9.59 Å². The molecule has 0 bridgehead atoms. The Morgan fingerprint density at radius 2 is 1.86 bits per heavy atom. The Hall–Kier alpha value is -2.90. The maximum Gasteiger partial charge on any atom is 0.320 e. The zero-order valence-electron chi connectivity index (χ0n) is 17.1. The van der Waals surface area contributed by atoms with Crippen molar-refractivity contribution in [2.75, 3.05) is 27.2 Å². The molecule has 0 spiro atoms. The smallest absolute Gasteiger partial charge is 0.320 e.